The molecule has 0 unspecified atom stereocenters. The van der Waals surface area contributed by atoms with Gasteiger partial charge in [0.05, 0.1) is 16.0 Å². The van der Waals surface area contributed by atoms with E-state index in [1.54, 1.807) is 12.1 Å². The smallest absolute Gasteiger partial charge is 0.339 e. The number of alkyl halides is 3. The zero-order chi connectivity index (χ0) is 28.7. The Kier molecular flexibility index (Phi) is 7.62. The maximum absolute atomic E-state index is 13.9. The third-order valence-corrected chi connectivity index (χ3v) is 9.44. The fraction of sp³-hybridized carbons (Fsp3) is 0.444. The molecule has 40 heavy (non-hydrogen) atoms. The van der Waals surface area contributed by atoms with Crippen LogP contribution >= 0.6 is 0 Å². The predicted molar refractivity (Wildman–Crippen MR) is 141 cm³/mol. The third-order valence-electron chi connectivity index (χ3n) is 7.52. The van der Waals surface area contributed by atoms with Crippen LogP contribution in [0.1, 0.15) is 66.6 Å². The van der Waals surface area contributed by atoms with E-state index < -0.39 is 33.4 Å². The summed E-state index contributed by atoms with van der Waals surface area (Å²) in [6.07, 6.45) is 0.0202. The highest BCUT2D eigenvalue weighted by Gasteiger charge is 2.41. The number of sulfonamides is 1. The van der Waals surface area contributed by atoms with Crippen molar-refractivity contribution in [1.29, 1.82) is 0 Å². The molecule has 0 radical (unpaired) electrons. The quantitative estimate of drug-likeness (QED) is 0.481. The monoisotopic (exact) mass is 577 g/mol. The number of aromatic nitrogens is 2. The van der Waals surface area contributed by atoms with Gasteiger partial charge in [0.25, 0.3) is 5.91 Å². The van der Waals surface area contributed by atoms with Crippen LogP contribution in [0.25, 0.3) is 5.52 Å². The molecule has 3 aromatic rings. The Morgan fingerprint density at radius 2 is 1.62 bits per heavy atom. The molecule has 2 fully saturated rings. The van der Waals surface area contributed by atoms with Crippen molar-refractivity contribution in [2.45, 2.75) is 56.0 Å². The lowest BCUT2D eigenvalue weighted by atomic mass is 9.90. The molecule has 13 heteroatoms. The molecule has 0 atom stereocenters. The fourth-order valence-electron chi connectivity index (χ4n) is 5.47. The highest BCUT2D eigenvalue weighted by Crippen LogP contribution is 2.36. The molecule has 2 amide bonds. The molecular weight excluding hydrogens is 547 g/mol. The number of anilines is 1. The van der Waals surface area contributed by atoms with Crippen LogP contribution in [0.3, 0.4) is 0 Å². The highest BCUT2D eigenvalue weighted by atomic mass is 32.2. The predicted octanol–water partition coefficient (Wildman–Crippen LogP) is 4.51. The standard InChI is InChI=1S/C27H30F3N5O4S/c1-18(36)31-21-5-7-22(8-6-21)40(38,39)34-14-9-19(10-15-34)20-11-16-35-23(17-20)24(25(32-35)27(28,29)30)26(37)33-12-3-2-4-13-33/h5-8,11,16-17,19H,2-4,9-10,12-15H2,1H3,(H,31,36). The van der Waals surface area contributed by atoms with Crippen molar-refractivity contribution in [2.75, 3.05) is 31.5 Å². The Morgan fingerprint density at radius 1 is 0.975 bits per heavy atom. The minimum atomic E-state index is -4.78. The van der Waals surface area contributed by atoms with Crippen LogP contribution < -0.4 is 5.32 Å². The number of benzene rings is 1. The van der Waals surface area contributed by atoms with E-state index in [1.807, 2.05) is 0 Å². The van der Waals surface area contributed by atoms with Crippen molar-refractivity contribution in [3.05, 3.63) is 59.4 Å². The average molecular weight is 578 g/mol. The van der Waals surface area contributed by atoms with Gasteiger partial charge in [-0.15, -0.1) is 0 Å². The molecule has 0 aliphatic carbocycles. The fourth-order valence-corrected chi connectivity index (χ4v) is 6.94. The van der Waals surface area contributed by atoms with Crippen molar-refractivity contribution in [2.24, 2.45) is 0 Å². The normalized spacial score (nSPS) is 17.8. The number of rotatable bonds is 5. The Balaban J connectivity index is 1.37. The van der Waals surface area contributed by atoms with Gasteiger partial charge in [0.15, 0.2) is 5.69 Å². The molecule has 0 saturated carbocycles. The molecule has 214 valence electrons. The molecule has 4 heterocycles. The number of hydrogen-bond acceptors (Lipinski definition) is 5. The lowest BCUT2D eigenvalue weighted by Gasteiger charge is -2.31. The van der Waals surface area contributed by atoms with Crippen LogP contribution in [-0.2, 0) is 21.0 Å². The van der Waals surface area contributed by atoms with Gasteiger partial charge in [-0.1, -0.05) is 0 Å². The van der Waals surface area contributed by atoms with Crippen LogP contribution in [0.4, 0.5) is 18.9 Å². The van der Waals surface area contributed by atoms with Crippen molar-refractivity contribution >= 4 is 33.0 Å². The third kappa shape index (κ3) is 5.57. The summed E-state index contributed by atoms with van der Waals surface area (Å²) in [4.78, 5) is 26.1. The molecule has 1 aromatic carbocycles. The van der Waals surface area contributed by atoms with E-state index in [-0.39, 0.29) is 35.3 Å². The largest absolute Gasteiger partial charge is 0.436 e. The van der Waals surface area contributed by atoms with Gasteiger partial charge in [-0.3, -0.25) is 9.59 Å². The van der Waals surface area contributed by atoms with Gasteiger partial charge >= 0.3 is 6.18 Å². The molecule has 2 aliphatic heterocycles. The molecule has 0 bridgehead atoms. The maximum Gasteiger partial charge on any atom is 0.436 e. The van der Waals surface area contributed by atoms with Crippen LogP contribution in [-0.4, -0.2) is 65.2 Å². The van der Waals surface area contributed by atoms with Crippen molar-refractivity contribution in [1.82, 2.24) is 18.8 Å². The summed E-state index contributed by atoms with van der Waals surface area (Å²) in [5.41, 5.74) is -0.280. The molecule has 5 rings (SSSR count). The maximum atomic E-state index is 13.9. The summed E-state index contributed by atoms with van der Waals surface area (Å²) in [6, 6.07) is 9.22. The summed E-state index contributed by atoms with van der Waals surface area (Å²) < 4.78 is 70.6. The Bertz CT molecular complexity index is 1520. The van der Waals surface area contributed by atoms with Gasteiger partial charge in [0, 0.05) is 45.0 Å². The minimum absolute atomic E-state index is 0.0965. The van der Waals surface area contributed by atoms with E-state index in [1.165, 1.54) is 46.6 Å². The summed E-state index contributed by atoms with van der Waals surface area (Å²) in [5.74, 6) is -1.02. The number of amides is 2. The molecule has 9 nitrogen and oxygen atoms in total. The first-order valence-corrected chi connectivity index (χ1v) is 14.7. The molecule has 2 saturated heterocycles. The molecule has 0 spiro atoms. The highest BCUT2D eigenvalue weighted by molar-refractivity contribution is 7.89. The van der Waals surface area contributed by atoms with Gasteiger partial charge in [0.2, 0.25) is 15.9 Å². The first kappa shape index (κ1) is 28.1. The second kappa shape index (κ2) is 10.8. The number of fused-ring (bicyclic) bond motifs is 1. The Labute approximate surface area is 230 Å². The molecule has 1 N–H and O–H groups in total. The van der Waals surface area contributed by atoms with Gasteiger partial charge in [-0.25, -0.2) is 12.9 Å². The minimum Gasteiger partial charge on any atom is -0.339 e. The average Bonchev–Trinajstić information content (AvgIpc) is 3.33. The van der Waals surface area contributed by atoms with Gasteiger partial charge in [0.1, 0.15) is 0 Å². The van der Waals surface area contributed by atoms with Gasteiger partial charge in [-0.05, 0) is 80.0 Å². The van der Waals surface area contributed by atoms with Crippen molar-refractivity contribution < 1.29 is 31.2 Å². The number of halogens is 3. The van der Waals surface area contributed by atoms with E-state index in [9.17, 15) is 31.2 Å². The van der Waals surface area contributed by atoms with Gasteiger partial charge in [-0.2, -0.15) is 22.6 Å². The van der Waals surface area contributed by atoms with Gasteiger partial charge < -0.3 is 10.2 Å². The zero-order valence-electron chi connectivity index (χ0n) is 21.9. The lowest BCUT2D eigenvalue weighted by molar-refractivity contribution is -0.141. The van der Waals surface area contributed by atoms with E-state index in [2.05, 4.69) is 10.4 Å². The first-order chi connectivity index (χ1) is 18.9. The van der Waals surface area contributed by atoms with E-state index in [0.717, 1.165) is 29.3 Å². The molecular formula is C27H30F3N5O4S. The zero-order valence-corrected chi connectivity index (χ0v) is 22.8. The van der Waals surface area contributed by atoms with Crippen LogP contribution in [0.5, 0.6) is 0 Å². The molecule has 2 aliphatic rings. The SMILES string of the molecule is CC(=O)Nc1ccc(S(=O)(=O)N2CCC(c3ccn4nc(C(F)(F)F)c(C(=O)N5CCCCC5)c4c3)CC2)cc1. The number of likely N-dealkylation sites (tertiary alicyclic amines) is 1. The van der Waals surface area contributed by atoms with Crippen molar-refractivity contribution in [3.8, 4) is 0 Å². The number of carbonyl (C=O) groups excluding carboxylic acids is 2. The summed E-state index contributed by atoms with van der Waals surface area (Å²) in [5, 5.41) is 6.32. The Hall–Kier alpha value is -3.45. The number of carbonyl (C=O) groups is 2. The van der Waals surface area contributed by atoms with E-state index in [0.29, 0.717) is 31.6 Å². The summed E-state index contributed by atoms with van der Waals surface area (Å²) in [7, 11) is -3.76. The first-order valence-electron chi connectivity index (χ1n) is 13.2. The van der Waals surface area contributed by atoms with E-state index >= 15 is 0 Å². The number of hydrogen-bond donors (Lipinski definition) is 1. The van der Waals surface area contributed by atoms with Crippen LogP contribution in [0.15, 0.2) is 47.5 Å². The number of piperidine rings is 2. The summed E-state index contributed by atoms with van der Waals surface area (Å²) in [6.45, 7) is 2.66. The van der Waals surface area contributed by atoms with E-state index in [4.69, 9.17) is 0 Å². The second-order valence-corrected chi connectivity index (χ2v) is 12.2. The number of pyridine rings is 1. The lowest BCUT2D eigenvalue weighted by Crippen LogP contribution is -2.38. The number of nitrogens with zero attached hydrogens (tertiary/aromatic N) is 4. The topological polar surface area (TPSA) is 104 Å². The van der Waals surface area contributed by atoms with Crippen molar-refractivity contribution in [3.63, 3.8) is 0 Å². The Morgan fingerprint density at radius 3 is 2.23 bits per heavy atom. The molecule has 2 aromatic heterocycles. The summed E-state index contributed by atoms with van der Waals surface area (Å²) >= 11 is 0. The van der Waals surface area contributed by atoms with Crippen LogP contribution in [0, 0.1) is 0 Å². The van der Waals surface area contributed by atoms with Crippen LogP contribution in [0.2, 0.25) is 0 Å². The second-order valence-electron chi connectivity index (χ2n) is 10.2. The number of nitrogens with one attached hydrogen (secondary N) is 1.